The minimum atomic E-state index is -5.25. The van der Waals surface area contributed by atoms with Crippen LogP contribution in [-0.4, -0.2) is 71.8 Å². The minimum Gasteiger partial charge on any atom is -0.744 e. The molecule has 7 aromatic rings. The van der Waals surface area contributed by atoms with Gasteiger partial charge in [-0.05, 0) is 70.8 Å². The first kappa shape index (κ1) is 63.4. The molecule has 0 atom stereocenters. The summed E-state index contributed by atoms with van der Waals surface area (Å²) in [6.45, 7) is 0. The molecule has 2 aliphatic rings. The average Bonchev–Trinajstić information content (AvgIpc) is 3.97. The second-order valence-electron chi connectivity index (χ2n) is 15.3. The zero-order chi connectivity index (χ0) is 52.3. The molecule has 2 aliphatic heterocycles. The average molecular weight is 1170 g/mol. The topological polar surface area (TPSA) is 286 Å². The Morgan fingerprint density at radius 2 is 0.461 bits per heavy atom. The summed E-state index contributed by atoms with van der Waals surface area (Å²) in [5, 5.41) is 0. The largest absolute Gasteiger partial charge is 1.00 e. The predicted octanol–water partition coefficient (Wildman–Crippen LogP) is -3.30. The van der Waals surface area contributed by atoms with Crippen LogP contribution in [0.5, 0.6) is 0 Å². The van der Waals surface area contributed by atoms with Crippen molar-refractivity contribution in [2.45, 2.75) is 19.6 Å². The summed E-state index contributed by atoms with van der Waals surface area (Å²) in [7, 11) is -21.0. The van der Waals surface area contributed by atoms with E-state index >= 15 is 35.1 Å². The molecule has 0 saturated heterocycles. The van der Waals surface area contributed by atoms with Gasteiger partial charge >= 0.3 is 118 Å². The van der Waals surface area contributed by atoms with E-state index in [1.165, 1.54) is 0 Å². The second-order valence-corrected chi connectivity index (χ2v) is 20.8. The first-order chi connectivity index (χ1) is 33.6. The molecule has 0 unspecified atom stereocenters. The van der Waals surface area contributed by atoms with Crippen molar-refractivity contribution in [3.8, 4) is 44.5 Å². The number of aromatic amines is 2. The van der Waals surface area contributed by atoms with Gasteiger partial charge < -0.3 is 28.2 Å². The van der Waals surface area contributed by atoms with Crippen molar-refractivity contribution in [1.82, 2.24) is 19.9 Å². The Balaban J connectivity index is 0.00000267. The van der Waals surface area contributed by atoms with Crippen LogP contribution >= 0.6 is 0 Å². The fourth-order valence-corrected chi connectivity index (χ4v) is 9.72. The molecule has 4 aromatic carbocycles. The van der Waals surface area contributed by atoms with E-state index in [0.717, 1.165) is 0 Å². The normalized spacial score (nSPS) is 12.9. The first-order valence-electron chi connectivity index (χ1n) is 19.5. The van der Waals surface area contributed by atoms with Gasteiger partial charge in [-0.2, -0.15) is 0 Å². The molecule has 0 saturated carbocycles. The summed E-state index contributed by atoms with van der Waals surface area (Å²) in [6.07, 6.45) is 0. The van der Waals surface area contributed by atoms with Gasteiger partial charge in [0.25, 0.3) is 0 Å². The Morgan fingerprint density at radius 1 is 0.303 bits per heavy atom. The van der Waals surface area contributed by atoms with Crippen LogP contribution in [0.15, 0.2) is 117 Å². The number of nitrogens with zero attached hydrogens (tertiary/aromatic N) is 2. The minimum absolute atomic E-state index is 0. The van der Waals surface area contributed by atoms with Crippen LogP contribution in [-0.2, 0) is 40.5 Å². The van der Waals surface area contributed by atoms with Crippen molar-refractivity contribution in [2.75, 3.05) is 0 Å². The zero-order valence-electron chi connectivity index (χ0n) is 38.7. The summed E-state index contributed by atoms with van der Waals surface area (Å²) in [5.74, 6) is -16.7. The molecule has 0 spiro atoms. The third kappa shape index (κ3) is 11.5. The number of hydrogen-bond acceptors (Lipinski definition) is 14. The Kier molecular flexibility index (Phi) is 19.2. The van der Waals surface area contributed by atoms with E-state index in [1.54, 1.807) is 0 Å². The first-order valence-corrected chi connectivity index (χ1v) is 25.1. The molecule has 0 amide bonds. The molecular formula is C44H18F8N4Na4O12S4. The van der Waals surface area contributed by atoms with Gasteiger partial charge in [-0.25, -0.2) is 78.8 Å². The SMILES string of the molecule is O=S(=O)([O-])c1ccc(-c2c3nc(c(-c4ccc(S(=O)(=O)[O-])cc4)c4[nH]c(c(F)c4F)c(-c4ccc(S(=O)(=O)[O-])cc4)c4nc(c(-c5ccc(S(=O)(=O)[O-])cc5)c5[nH]c2c(F)c5F)C(F)=C4F)C(F)=C3F)cc1.[Na+].[Na+].[Na+].[Na+]. The maximum atomic E-state index is 16.9. The molecule has 9 rings (SSSR count). The predicted molar refractivity (Wildman–Crippen MR) is 232 cm³/mol. The third-order valence-corrected chi connectivity index (χ3v) is 14.5. The van der Waals surface area contributed by atoms with Crippen LogP contribution in [0.25, 0.3) is 89.9 Å². The van der Waals surface area contributed by atoms with Gasteiger partial charge in [0.15, 0.2) is 46.6 Å². The van der Waals surface area contributed by atoms with E-state index in [4.69, 9.17) is 0 Å². The molecule has 0 aliphatic carbocycles. The quantitative estimate of drug-likeness (QED) is 0.0857. The number of benzene rings is 4. The number of fused-ring (bicyclic) bond motifs is 8. The maximum Gasteiger partial charge on any atom is 1.00 e. The summed E-state index contributed by atoms with van der Waals surface area (Å²) >= 11 is 0. The molecule has 3 aromatic heterocycles. The molecule has 0 radical (unpaired) electrons. The Morgan fingerprint density at radius 3 is 0.605 bits per heavy atom. The zero-order valence-corrected chi connectivity index (χ0v) is 50.0. The van der Waals surface area contributed by atoms with Crippen LogP contribution in [0.3, 0.4) is 0 Å². The van der Waals surface area contributed by atoms with Crippen LogP contribution in [0.1, 0.15) is 22.8 Å². The molecule has 8 bridgehead atoms. The van der Waals surface area contributed by atoms with Crippen LogP contribution in [0, 0.1) is 23.3 Å². The van der Waals surface area contributed by atoms with Gasteiger partial charge in [0.1, 0.15) is 63.2 Å². The van der Waals surface area contributed by atoms with E-state index in [1.807, 2.05) is 0 Å². The molecule has 76 heavy (non-hydrogen) atoms. The van der Waals surface area contributed by atoms with Crippen molar-refractivity contribution >= 4 is 85.8 Å². The number of aromatic nitrogens is 4. The van der Waals surface area contributed by atoms with E-state index in [0.29, 0.717) is 97.1 Å². The summed E-state index contributed by atoms with van der Waals surface area (Å²) in [5.41, 5.74) is -17.3. The fourth-order valence-electron chi connectivity index (χ4n) is 7.85. The van der Waals surface area contributed by atoms with Gasteiger partial charge in [-0.15, -0.1) is 0 Å². The van der Waals surface area contributed by atoms with E-state index in [-0.39, 0.29) is 118 Å². The summed E-state index contributed by atoms with van der Waals surface area (Å²) < 4.78 is 277. The molecule has 5 heterocycles. The third-order valence-electron chi connectivity index (χ3n) is 11.1. The van der Waals surface area contributed by atoms with Crippen LogP contribution < -0.4 is 118 Å². The molecule has 32 heteroatoms. The number of rotatable bonds is 8. The molecule has 370 valence electrons. The van der Waals surface area contributed by atoms with Gasteiger partial charge in [-0.1, -0.05) is 48.5 Å². The van der Waals surface area contributed by atoms with Crippen molar-refractivity contribution in [1.29, 1.82) is 0 Å². The second kappa shape index (κ2) is 23.0. The standard InChI is InChI=1S/C44H22F8N4O12S4.4Na/c45-29-31(47)39-26(18-3-11-22(12-4-18)70(60,61)62)41-33(49)35(51)43(55-41)28(20-7-15-24(16-8-20)72(66,67)68)44-36(52)34(50)42(56-44)27(19-5-13-23(14-6-19)71(63,64)65)40-32(48)30(46)38(54-40)25(37(29)53-39)17-1-9-21(10-2-17)69(57,58)59;;;;/h1-16,53,56H,(H,57,58,59)(H,60,61,62)(H,63,64,65)(H,66,67,68);;;;/q;4*+1/p-4. The van der Waals surface area contributed by atoms with Gasteiger partial charge in [0.2, 0.25) is 0 Å². The van der Waals surface area contributed by atoms with E-state index in [9.17, 15) is 51.9 Å². The van der Waals surface area contributed by atoms with Gasteiger partial charge in [0, 0.05) is 22.3 Å². The number of halogens is 8. The molecular weight excluding hydrogens is 1150 g/mol. The van der Waals surface area contributed by atoms with Crippen molar-refractivity contribution in [2.24, 2.45) is 0 Å². The molecule has 2 N–H and O–H groups in total. The van der Waals surface area contributed by atoms with Crippen LogP contribution in [0.4, 0.5) is 35.1 Å². The van der Waals surface area contributed by atoms with Crippen molar-refractivity contribution in [3.05, 3.63) is 143 Å². The van der Waals surface area contributed by atoms with E-state index < -0.39 is 196 Å². The smallest absolute Gasteiger partial charge is 0.744 e. The van der Waals surface area contributed by atoms with E-state index in [2.05, 4.69) is 19.9 Å². The van der Waals surface area contributed by atoms with Gasteiger partial charge in [-0.3, -0.25) is 0 Å². The van der Waals surface area contributed by atoms with Gasteiger partial charge in [0.05, 0.1) is 41.6 Å². The Labute approximate surface area is 512 Å². The van der Waals surface area contributed by atoms with Crippen molar-refractivity contribution in [3.63, 3.8) is 0 Å². The summed E-state index contributed by atoms with van der Waals surface area (Å²) in [4.78, 5) is 8.50. The van der Waals surface area contributed by atoms with Crippen LogP contribution in [0.2, 0.25) is 0 Å². The summed E-state index contributed by atoms with van der Waals surface area (Å²) in [6, 6.07) is 10.5. The number of nitrogens with one attached hydrogen (secondary N) is 2. The number of hydrogen-bond donors (Lipinski definition) is 2. The molecule has 0 fully saturated rings. The maximum absolute atomic E-state index is 16.9. The number of H-pyrrole nitrogens is 2. The Hall–Kier alpha value is -3.44. The monoisotopic (exact) mass is 1170 g/mol. The van der Waals surface area contributed by atoms with Crippen molar-refractivity contribution < 1.29 is 205 Å². The Bertz CT molecular complexity index is 3750. The molecule has 16 nitrogen and oxygen atoms in total. The fraction of sp³-hybridized carbons (Fsp3) is 0.